The van der Waals surface area contributed by atoms with Crippen LogP contribution in [0, 0.1) is 5.92 Å². The standard InChI is InChI=1S/C23H43N3O2/c1-24-17-8-3-4-9-18-25(2)23(28)21-15-11-19-26(21)22(27)16-10-14-20-12-6-5-7-13-20/h20-21,24H,3-19H2,1-2H3. The minimum atomic E-state index is -0.212. The Hall–Kier alpha value is -1.10. The summed E-state index contributed by atoms with van der Waals surface area (Å²) in [6, 6.07) is -0.212. The lowest BCUT2D eigenvalue weighted by atomic mass is 9.86. The van der Waals surface area contributed by atoms with Crippen molar-refractivity contribution in [3.63, 3.8) is 0 Å². The number of nitrogens with one attached hydrogen (secondary N) is 1. The van der Waals surface area contributed by atoms with Gasteiger partial charge in [-0.3, -0.25) is 9.59 Å². The molecule has 0 bridgehead atoms. The van der Waals surface area contributed by atoms with E-state index in [-0.39, 0.29) is 17.9 Å². The first kappa shape index (κ1) is 23.2. The molecule has 28 heavy (non-hydrogen) atoms. The molecule has 0 aromatic carbocycles. The summed E-state index contributed by atoms with van der Waals surface area (Å²) in [5.41, 5.74) is 0. The van der Waals surface area contributed by atoms with Gasteiger partial charge in [-0.1, -0.05) is 44.9 Å². The monoisotopic (exact) mass is 393 g/mol. The van der Waals surface area contributed by atoms with Crippen molar-refractivity contribution >= 4 is 11.8 Å². The Labute approximate surface area is 172 Å². The van der Waals surface area contributed by atoms with E-state index in [1.807, 2.05) is 23.9 Å². The van der Waals surface area contributed by atoms with Crippen LogP contribution < -0.4 is 5.32 Å². The van der Waals surface area contributed by atoms with Crippen LogP contribution in [0.3, 0.4) is 0 Å². The Balaban J connectivity index is 1.67. The highest BCUT2D eigenvalue weighted by atomic mass is 16.2. The minimum Gasteiger partial charge on any atom is -0.344 e. The molecule has 5 nitrogen and oxygen atoms in total. The molecule has 162 valence electrons. The molecule has 0 aromatic heterocycles. The molecular formula is C23H43N3O2. The molecule has 1 heterocycles. The zero-order chi connectivity index (χ0) is 20.2. The third-order valence-corrected chi connectivity index (χ3v) is 6.63. The van der Waals surface area contributed by atoms with E-state index in [4.69, 9.17) is 0 Å². The predicted octanol–water partition coefficient (Wildman–Crippen LogP) is 3.97. The van der Waals surface area contributed by atoms with Gasteiger partial charge in [-0.2, -0.15) is 0 Å². The van der Waals surface area contributed by atoms with Crippen LogP contribution in [0.5, 0.6) is 0 Å². The molecule has 0 spiro atoms. The zero-order valence-electron chi connectivity index (χ0n) is 18.4. The highest BCUT2D eigenvalue weighted by Gasteiger charge is 2.35. The molecule has 1 aliphatic carbocycles. The largest absolute Gasteiger partial charge is 0.344 e. The first-order valence-electron chi connectivity index (χ1n) is 11.8. The first-order chi connectivity index (χ1) is 13.6. The summed E-state index contributed by atoms with van der Waals surface area (Å²) in [5, 5.41) is 3.17. The topological polar surface area (TPSA) is 52.7 Å². The molecule has 0 radical (unpaired) electrons. The maximum atomic E-state index is 12.9. The van der Waals surface area contributed by atoms with Crippen molar-refractivity contribution in [2.24, 2.45) is 5.92 Å². The Morgan fingerprint density at radius 2 is 1.71 bits per heavy atom. The molecule has 1 saturated heterocycles. The van der Waals surface area contributed by atoms with E-state index in [9.17, 15) is 9.59 Å². The minimum absolute atomic E-state index is 0.147. The van der Waals surface area contributed by atoms with Gasteiger partial charge in [0.05, 0.1) is 0 Å². The lowest BCUT2D eigenvalue weighted by Crippen LogP contribution is -2.46. The quantitative estimate of drug-likeness (QED) is 0.511. The molecule has 2 amide bonds. The zero-order valence-corrected chi connectivity index (χ0v) is 18.4. The number of nitrogens with zero attached hydrogens (tertiary/aromatic N) is 2. The fraction of sp³-hybridized carbons (Fsp3) is 0.913. The van der Waals surface area contributed by atoms with Gasteiger partial charge >= 0.3 is 0 Å². The third-order valence-electron chi connectivity index (χ3n) is 6.63. The first-order valence-corrected chi connectivity index (χ1v) is 11.8. The molecule has 0 aromatic rings. The second kappa shape index (κ2) is 13.2. The highest BCUT2D eigenvalue weighted by molar-refractivity contribution is 5.88. The number of hydrogen-bond acceptors (Lipinski definition) is 3. The summed E-state index contributed by atoms with van der Waals surface area (Å²) >= 11 is 0. The van der Waals surface area contributed by atoms with Crippen molar-refractivity contribution in [1.29, 1.82) is 0 Å². The van der Waals surface area contributed by atoms with Crippen molar-refractivity contribution in [2.45, 2.75) is 95.9 Å². The van der Waals surface area contributed by atoms with E-state index in [0.29, 0.717) is 6.42 Å². The molecule has 2 aliphatic rings. The van der Waals surface area contributed by atoms with Gasteiger partial charge in [0.25, 0.3) is 0 Å². The predicted molar refractivity (Wildman–Crippen MR) is 115 cm³/mol. The van der Waals surface area contributed by atoms with Crippen molar-refractivity contribution in [2.75, 3.05) is 33.7 Å². The lowest BCUT2D eigenvalue weighted by molar-refractivity contribution is -0.143. The van der Waals surface area contributed by atoms with Gasteiger partial charge in [-0.15, -0.1) is 0 Å². The van der Waals surface area contributed by atoms with Gasteiger partial charge in [0.15, 0.2) is 0 Å². The maximum absolute atomic E-state index is 12.9. The van der Waals surface area contributed by atoms with Crippen LogP contribution in [0.2, 0.25) is 0 Å². The number of unbranched alkanes of at least 4 members (excludes halogenated alkanes) is 3. The highest BCUT2D eigenvalue weighted by Crippen LogP contribution is 2.28. The summed E-state index contributed by atoms with van der Waals surface area (Å²) in [5.74, 6) is 1.18. The molecule has 1 unspecified atom stereocenters. The molecule has 1 atom stereocenters. The van der Waals surface area contributed by atoms with E-state index < -0.39 is 0 Å². The fourth-order valence-corrected chi connectivity index (χ4v) is 4.85. The number of amides is 2. The number of likely N-dealkylation sites (tertiary alicyclic amines) is 1. The van der Waals surface area contributed by atoms with E-state index in [1.54, 1.807) is 0 Å². The number of rotatable bonds is 12. The fourth-order valence-electron chi connectivity index (χ4n) is 4.85. The van der Waals surface area contributed by atoms with Crippen molar-refractivity contribution in [3.05, 3.63) is 0 Å². The van der Waals surface area contributed by atoms with Crippen molar-refractivity contribution in [1.82, 2.24) is 15.1 Å². The van der Waals surface area contributed by atoms with Gasteiger partial charge < -0.3 is 15.1 Å². The Bertz CT molecular complexity index is 463. The Morgan fingerprint density at radius 3 is 2.46 bits per heavy atom. The molecule has 2 rings (SSSR count). The Morgan fingerprint density at radius 1 is 0.964 bits per heavy atom. The molecule has 1 aliphatic heterocycles. The average molecular weight is 394 g/mol. The SMILES string of the molecule is CNCCCCCCN(C)C(=O)C1CCCN1C(=O)CCCC1CCCCC1. The molecule has 1 saturated carbocycles. The van der Waals surface area contributed by atoms with E-state index in [1.165, 1.54) is 51.4 Å². The summed E-state index contributed by atoms with van der Waals surface area (Å²) in [6.45, 7) is 2.63. The van der Waals surface area contributed by atoms with Gasteiger partial charge in [0.1, 0.15) is 6.04 Å². The summed E-state index contributed by atoms with van der Waals surface area (Å²) in [7, 11) is 3.89. The van der Waals surface area contributed by atoms with Gasteiger partial charge in [0.2, 0.25) is 11.8 Å². The molecule has 2 fully saturated rings. The number of carbonyl (C=O) groups is 2. The average Bonchev–Trinajstić information content (AvgIpc) is 3.20. The molecular weight excluding hydrogens is 350 g/mol. The van der Waals surface area contributed by atoms with Gasteiger partial charge in [0, 0.05) is 26.6 Å². The lowest BCUT2D eigenvalue weighted by Gasteiger charge is -2.28. The van der Waals surface area contributed by atoms with Crippen LogP contribution in [0.1, 0.15) is 89.9 Å². The maximum Gasteiger partial charge on any atom is 0.245 e. The van der Waals surface area contributed by atoms with Crippen molar-refractivity contribution in [3.8, 4) is 0 Å². The molecule has 5 heteroatoms. The van der Waals surface area contributed by atoms with Crippen molar-refractivity contribution < 1.29 is 9.59 Å². The summed E-state index contributed by atoms with van der Waals surface area (Å²) < 4.78 is 0. The number of likely N-dealkylation sites (N-methyl/N-ethyl adjacent to an activating group) is 1. The van der Waals surface area contributed by atoms with Gasteiger partial charge in [-0.05, 0) is 58.0 Å². The number of carbonyl (C=O) groups excluding carboxylic acids is 2. The van der Waals surface area contributed by atoms with Crippen LogP contribution in [0.4, 0.5) is 0 Å². The number of hydrogen-bond donors (Lipinski definition) is 1. The molecule has 1 N–H and O–H groups in total. The second-order valence-corrected chi connectivity index (χ2v) is 8.92. The normalized spacial score (nSPS) is 20.5. The van der Waals surface area contributed by atoms with Crippen LogP contribution >= 0.6 is 0 Å². The second-order valence-electron chi connectivity index (χ2n) is 8.92. The van der Waals surface area contributed by atoms with Gasteiger partial charge in [-0.25, -0.2) is 0 Å². The van der Waals surface area contributed by atoms with E-state index in [0.717, 1.165) is 57.7 Å². The smallest absolute Gasteiger partial charge is 0.245 e. The Kier molecular flexibility index (Phi) is 10.9. The third kappa shape index (κ3) is 7.73. The summed E-state index contributed by atoms with van der Waals surface area (Å²) in [4.78, 5) is 29.3. The van der Waals surface area contributed by atoms with Crippen LogP contribution in [-0.4, -0.2) is 61.4 Å². The van der Waals surface area contributed by atoms with E-state index in [2.05, 4.69) is 5.32 Å². The summed E-state index contributed by atoms with van der Waals surface area (Å²) in [6.07, 6.45) is 16.0. The van der Waals surface area contributed by atoms with E-state index >= 15 is 0 Å². The van der Waals surface area contributed by atoms with Crippen LogP contribution in [0.15, 0.2) is 0 Å². The van der Waals surface area contributed by atoms with Crippen LogP contribution in [0.25, 0.3) is 0 Å². The van der Waals surface area contributed by atoms with Crippen LogP contribution in [-0.2, 0) is 9.59 Å².